The molecule has 1 aliphatic carbocycles. The number of benzene rings is 2. The molecule has 0 bridgehead atoms. The van der Waals surface area contributed by atoms with Gasteiger partial charge in [0, 0.05) is 18.9 Å². The van der Waals surface area contributed by atoms with Gasteiger partial charge in [-0.15, -0.1) is 0 Å². The molecule has 176 valence electrons. The molecule has 4 N–H and O–H groups in total. The molecule has 0 radical (unpaired) electrons. The normalized spacial score (nSPS) is 13.0. The first-order valence-electron chi connectivity index (χ1n) is 10.8. The van der Waals surface area contributed by atoms with Crippen molar-refractivity contribution < 1.29 is 33.8 Å². The van der Waals surface area contributed by atoms with E-state index < -0.39 is 24.1 Å². The van der Waals surface area contributed by atoms with Crippen molar-refractivity contribution in [3.63, 3.8) is 0 Å². The van der Waals surface area contributed by atoms with Gasteiger partial charge in [0.2, 0.25) is 0 Å². The van der Waals surface area contributed by atoms with Crippen LogP contribution < -0.4 is 10.6 Å². The molecule has 4 rings (SSSR count). The number of carbonyl (C=O) groups is 3. The van der Waals surface area contributed by atoms with Gasteiger partial charge in [-0.2, -0.15) is 0 Å². The zero-order chi connectivity index (χ0) is 24.1. The van der Waals surface area contributed by atoms with Gasteiger partial charge < -0.3 is 30.0 Å². The van der Waals surface area contributed by atoms with Crippen LogP contribution in [0.1, 0.15) is 39.8 Å². The second-order valence-electron chi connectivity index (χ2n) is 7.84. The quantitative estimate of drug-likeness (QED) is 0.382. The third-order valence-corrected chi connectivity index (χ3v) is 5.62. The fourth-order valence-electron chi connectivity index (χ4n) is 3.94. The Morgan fingerprint density at radius 1 is 0.941 bits per heavy atom. The molecule has 3 aromatic rings. The van der Waals surface area contributed by atoms with Crippen LogP contribution in [0.25, 0.3) is 11.1 Å². The van der Waals surface area contributed by atoms with Gasteiger partial charge in [-0.3, -0.25) is 4.79 Å². The van der Waals surface area contributed by atoms with Gasteiger partial charge in [0.15, 0.2) is 11.9 Å². The minimum absolute atomic E-state index is 0.00847. The van der Waals surface area contributed by atoms with E-state index in [1.54, 1.807) is 6.07 Å². The number of hydrogen-bond donors (Lipinski definition) is 4. The van der Waals surface area contributed by atoms with Crippen LogP contribution >= 0.6 is 0 Å². The number of rotatable bonds is 9. The highest BCUT2D eigenvalue weighted by atomic mass is 16.5. The summed E-state index contributed by atoms with van der Waals surface area (Å²) in [5.74, 6) is -1.59. The van der Waals surface area contributed by atoms with E-state index in [0.717, 1.165) is 22.3 Å². The summed E-state index contributed by atoms with van der Waals surface area (Å²) in [6.45, 7) is 0.190. The summed E-state index contributed by atoms with van der Waals surface area (Å²) in [7, 11) is 0. The first kappa shape index (κ1) is 23.1. The minimum Gasteiger partial charge on any atom is -0.479 e. The Balaban J connectivity index is 1.26. The molecular formula is C25H24N2O7. The molecule has 0 saturated carbocycles. The summed E-state index contributed by atoms with van der Waals surface area (Å²) in [6, 6.07) is 19.1. The second-order valence-corrected chi connectivity index (χ2v) is 7.84. The van der Waals surface area contributed by atoms with Crippen LogP contribution in [0, 0.1) is 0 Å². The minimum atomic E-state index is -1.55. The highest BCUT2D eigenvalue weighted by Gasteiger charge is 2.29. The van der Waals surface area contributed by atoms with Crippen LogP contribution in [0.4, 0.5) is 4.79 Å². The molecule has 1 unspecified atom stereocenters. The summed E-state index contributed by atoms with van der Waals surface area (Å²) in [5, 5.41) is 22.9. The van der Waals surface area contributed by atoms with Gasteiger partial charge in [0.05, 0.1) is 6.54 Å². The Morgan fingerprint density at radius 2 is 1.59 bits per heavy atom. The Labute approximate surface area is 195 Å². The van der Waals surface area contributed by atoms with Gasteiger partial charge in [-0.25, -0.2) is 9.59 Å². The molecule has 34 heavy (non-hydrogen) atoms. The van der Waals surface area contributed by atoms with E-state index in [4.69, 9.17) is 14.3 Å². The highest BCUT2D eigenvalue weighted by molar-refractivity contribution is 5.91. The molecule has 2 aromatic carbocycles. The van der Waals surface area contributed by atoms with Gasteiger partial charge in [0.25, 0.3) is 5.91 Å². The molecule has 1 aliphatic rings. The summed E-state index contributed by atoms with van der Waals surface area (Å²) >= 11 is 0. The van der Waals surface area contributed by atoms with Crippen molar-refractivity contribution in [1.82, 2.24) is 10.6 Å². The van der Waals surface area contributed by atoms with Crippen molar-refractivity contribution in [2.24, 2.45) is 0 Å². The number of furan rings is 1. The lowest BCUT2D eigenvalue weighted by Gasteiger charge is -2.14. The number of carbonyl (C=O) groups excluding carboxylic acids is 2. The van der Waals surface area contributed by atoms with Gasteiger partial charge in [0.1, 0.15) is 12.4 Å². The fourth-order valence-corrected chi connectivity index (χ4v) is 3.94. The fraction of sp³-hybridized carbons (Fsp3) is 0.240. The van der Waals surface area contributed by atoms with E-state index in [1.807, 2.05) is 36.4 Å². The Hall–Kier alpha value is -4.11. The molecule has 1 heterocycles. The molecule has 1 atom stereocenters. The van der Waals surface area contributed by atoms with E-state index in [1.165, 1.54) is 6.07 Å². The van der Waals surface area contributed by atoms with E-state index in [2.05, 4.69) is 22.8 Å². The molecule has 0 fully saturated rings. The van der Waals surface area contributed by atoms with Gasteiger partial charge >= 0.3 is 12.1 Å². The van der Waals surface area contributed by atoms with Crippen molar-refractivity contribution in [2.75, 3.05) is 13.2 Å². The van der Waals surface area contributed by atoms with Crippen molar-refractivity contribution in [3.05, 3.63) is 83.3 Å². The van der Waals surface area contributed by atoms with E-state index in [9.17, 15) is 19.5 Å². The largest absolute Gasteiger partial charge is 0.479 e. The molecule has 0 spiro atoms. The zero-order valence-corrected chi connectivity index (χ0v) is 18.2. The number of nitrogens with one attached hydrogen (secondary N) is 2. The van der Waals surface area contributed by atoms with Crippen LogP contribution in [0.15, 0.2) is 65.1 Å². The number of amides is 2. The van der Waals surface area contributed by atoms with Gasteiger partial charge in [-0.1, -0.05) is 48.5 Å². The predicted octanol–water partition coefficient (Wildman–Crippen LogP) is 2.88. The molecule has 2 amide bonds. The standard InChI is InChI=1S/C25H24N2O7/c28-21(24(30)31)11-12-26-23(29)22-10-9-15(34-22)13-27-25(32)33-14-20-18-7-3-1-5-16(18)17-6-2-4-8-19(17)20/h1-10,20-21,28H,11-14H2,(H,26,29)(H,27,32)(H,30,31). The monoisotopic (exact) mass is 464 g/mol. The third kappa shape index (κ3) is 5.10. The van der Waals surface area contributed by atoms with Crippen LogP contribution in [-0.2, 0) is 16.1 Å². The Bertz CT molecular complexity index is 1160. The van der Waals surface area contributed by atoms with E-state index >= 15 is 0 Å². The number of hydrogen-bond acceptors (Lipinski definition) is 6. The predicted molar refractivity (Wildman–Crippen MR) is 121 cm³/mol. The lowest BCUT2D eigenvalue weighted by molar-refractivity contribution is -0.146. The molecule has 9 heteroatoms. The second kappa shape index (κ2) is 10.2. The maximum Gasteiger partial charge on any atom is 0.407 e. The summed E-state index contributed by atoms with van der Waals surface area (Å²) in [4.78, 5) is 34.9. The summed E-state index contributed by atoms with van der Waals surface area (Å²) in [5.41, 5.74) is 4.53. The molecular weight excluding hydrogens is 440 g/mol. The number of ether oxygens (including phenoxy) is 1. The smallest absolute Gasteiger partial charge is 0.407 e. The summed E-state index contributed by atoms with van der Waals surface area (Å²) < 4.78 is 10.9. The SMILES string of the molecule is O=C(NCc1ccc(C(=O)NCCC(O)C(=O)O)o1)OCC1c2ccccc2-c2ccccc21. The van der Waals surface area contributed by atoms with Crippen LogP contribution in [0.3, 0.4) is 0 Å². The first-order chi connectivity index (χ1) is 16.4. The average molecular weight is 464 g/mol. The van der Waals surface area contributed by atoms with Crippen molar-refractivity contribution in [3.8, 4) is 11.1 Å². The number of alkyl carbamates (subject to hydrolysis) is 1. The van der Waals surface area contributed by atoms with Crippen molar-refractivity contribution in [2.45, 2.75) is 25.0 Å². The average Bonchev–Trinajstić information content (AvgIpc) is 3.44. The summed E-state index contributed by atoms with van der Waals surface area (Å²) in [6.07, 6.45) is -2.28. The van der Waals surface area contributed by atoms with Crippen molar-refractivity contribution in [1.29, 1.82) is 0 Å². The number of aliphatic hydroxyl groups is 1. The van der Waals surface area contributed by atoms with E-state index in [0.29, 0.717) is 5.76 Å². The molecule has 1 aromatic heterocycles. The van der Waals surface area contributed by atoms with Gasteiger partial charge in [-0.05, 0) is 34.4 Å². The lowest BCUT2D eigenvalue weighted by Crippen LogP contribution is -2.29. The topological polar surface area (TPSA) is 138 Å². The lowest BCUT2D eigenvalue weighted by atomic mass is 9.98. The number of carboxylic acid groups (broad SMARTS) is 1. The van der Waals surface area contributed by atoms with Crippen LogP contribution in [0.2, 0.25) is 0 Å². The maximum atomic E-state index is 12.3. The molecule has 9 nitrogen and oxygen atoms in total. The number of fused-ring (bicyclic) bond motifs is 3. The molecule has 0 saturated heterocycles. The number of aliphatic hydroxyl groups excluding tert-OH is 1. The maximum absolute atomic E-state index is 12.3. The van der Waals surface area contributed by atoms with E-state index in [-0.39, 0.29) is 37.8 Å². The number of aliphatic carboxylic acids is 1. The number of carboxylic acids is 1. The highest BCUT2D eigenvalue weighted by Crippen LogP contribution is 2.44. The Kier molecular flexibility index (Phi) is 6.93. The third-order valence-electron chi connectivity index (χ3n) is 5.62. The van der Waals surface area contributed by atoms with Crippen LogP contribution in [0.5, 0.6) is 0 Å². The van der Waals surface area contributed by atoms with Crippen molar-refractivity contribution >= 4 is 18.0 Å². The zero-order valence-electron chi connectivity index (χ0n) is 18.2. The molecule has 0 aliphatic heterocycles. The van der Waals surface area contributed by atoms with Crippen LogP contribution in [-0.4, -0.2) is 47.4 Å². The first-order valence-corrected chi connectivity index (χ1v) is 10.8. The Morgan fingerprint density at radius 3 is 2.24 bits per heavy atom.